The molecule has 1 saturated carbocycles. The summed E-state index contributed by atoms with van der Waals surface area (Å²) in [6.07, 6.45) is 7.09. The molecule has 0 aromatic carbocycles. The van der Waals surface area contributed by atoms with Gasteiger partial charge in [-0.1, -0.05) is 53.8 Å². The number of rotatable bonds is 10. The Morgan fingerprint density at radius 2 is 2.19 bits per heavy atom. The van der Waals surface area contributed by atoms with Gasteiger partial charge in [-0.2, -0.15) is 0 Å². The van der Waals surface area contributed by atoms with Crippen molar-refractivity contribution in [3.8, 4) is 11.8 Å². The average molecular weight is 443 g/mol. The Hall–Kier alpha value is -1.16. The van der Waals surface area contributed by atoms with Crippen molar-refractivity contribution >= 4 is 27.7 Å². The van der Waals surface area contributed by atoms with Crippen molar-refractivity contribution in [3.63, 3.8) is 0 Å². The van der Waals surface area contributed by atoms with Crippen molar-refractivity contribution in [2.24, 2.45) is 11.8 Å². The van der Waals surface area contributed by atoms with Gasteiger partial charge >= 0.3 is 5.97 Å². The van der Waals surface area contributed by atoms with E-state index < -0.39 is 17.7 Å². The highest BCUT2D eigenvalue weighted by molar-refractivity contribution is 9.09. The molecular weight excluding hydrogens is 412 g/mol. The summed E-state index contributed by atoms with van der Waals surface area (Å²) >= 11 is 3.33. The summed E-state index contributed by atoms with van der Waals surface area (Å²) in [5.41, 5.74) is -0.775. The van der Waals surface area contributed by atoms with E-state index in [0.29, 0.717) is 19.3 Å². The monoisotopic (exact) mass is 442 g/mol. The number of ketones is 1. The minimum Gasteiger partial charge on any atom is -0.481 e. The first-order valence-corrected chi connectivity index (χ1v) is 10.5. The summed E-state index contributed by atoms with van der Waals surface area (Å²) in [5.74, 6) is 4.38. The summed E-state index contributed by atoms with van der Waals surface area (Å²) in [4.78, 5) is 22.5. The predicted molar refractivity (Wildman–Crippen MR) is 108 cm³/mol. The molecular formula is C21H31BrO5. The second kappa shape index (κ2) is 11.6. The van der Waals surface area contributed by atoms with E-state index in [-0.39, 0.29) is 35.3 Å². The molecule has 1 fully saturated rings. The van der Waals surface area contributed by atoms with Gasteiger partial charge in [0.25, 0.3) is 0 Å². The van der Waals surface area contributed by atoms with Crippen LogP contribution >= 0.6 is 15.9 Å². The Morgan fingerprint density at radius 1 is 1.48 bits per heavy atom. The number of carboxylic acids is 1. The lowest BCUT2D eigenvalue weighted by atomic mass is 9.89. The van der Waals surface area contributed by atoms with Gasteiger partial charge in [0.15, 0.2) is 0 Å². The number of Topliss-reactive ketones (excluding diaryl/α,β-unsaturated/α-hetero) is 1. The van der Waals surface area contributed by atoms with Crippen molar-refractivity contribution in [3.05, 3.63) is 12.2 Å². The Bertz CT molecular complexity index is 587. The summed E-state index contributed by atoms with van der Waals surface area (Å²) < 4.78 is 0. The Balaban J connectivity index is 2.63. The summed E-state index contributed by atoms with van der Waals surface area (Å²) in [5, 5.41) is 29.2. The topological polar surface area (TPSA) is 94.8 Å². The summed E-state index contributed by atoms with van der Waals surface area (Å²) in [7, 11) is 0. The first kappa shape index (κ1) is 23.9. The summed E-state index contributed by atoms with van der Waals surface area (Å²) in [6.45, 7) is 3.89. The fourth-order valence-electron chi connectivity index (χ4n) is 3.23. The highest BCUT2D eigenvalue weighted by Gasteiger charge is 2.39. The van der Waals surface area contributed by atoms with Crippen molar-refractivity contribution < 1.29 is 24.9 Å². The number of hydrogen-bond donors (Lipinski definition) is 3. The van der Waals surface area contributed by atoms with Crippen LogP contribution in [0.15, 0.2) is 12.2 Å². The van der Waals surface area contributed by atoms with Crippen LogP contribution in [-0.4, -0.2) is 43.6 Å². The lowest BCUT2D eigenvalue weighted by Gasteiger charge is -2.22. The van der Waals surface area contributed by atoms with Crippen molar-refractivity contribution in [1.29, 1.82) is 0 Å². The third-order valence-electron chi connectivity index (χ3n) is 4.91. The number of unbranched alkanes of at least 4 members (excludes halogenated alkanes) is 1. The van der Waals surface area contributed by atoms with Crippen molar-refractivity contribution in [2.45, 2.75) is 81.7 Å². The molecule has 0 aliphatic heterocycles. The van der Waals surface area contributed by atoms with Gasteiger partial charge in [0, 0.05) is 31.1 Å². The third-order valence-corrected chi connectivity index (χ3v) is 5.60. The number of carboxylic acid groups (broad SMARTS) is 1. The minimum atomic E-state index is -0.865. The maximum Gasteiger partial charge on any atom is 0.303 e. The Kier molecular flexibility index (Phi) is 10.3. The molecule has 0 saturated heterocycles. The summed E-state index contributed by atoms with van der Waals surface area (Å²) in [6, 6.07) is 0. The van der Waals surface area contributed by atoms with Gasteiger partial charge in [-0.15, -0.1) is 5.92 Å². The molecule has 1 rings (SSSR count). The average Bonchev–Trinajstić information content (AvgIpc) is 2.85. The third kappa shape index (κ3) is 9.05. The number of alkyl halides is 1. The fourth-order valence-corrected chi connectivity index (χ4v) is 3.62. The van der Waals surface area contributed by atoms with Crippen LogP contribution in [0.5, 0.6) is 0 Å². The molecule has 1 aliphatic carbocycles. The number of aliphatic hydroxyl groups is 2. The van der Waals surface area contributed by atoms with Gasteiger partial charge in [-0.25, -0.2) is 0 Å². The number of carbonyl (C=O) groups is 2. The molecule has 0 spiro atoms. The molecule has 0 heterocycles. The van der Waals surface area contributed by atoms with Gasteiger partial charge in [0.1, 0.15) is 5.78 Å². The van der Waals surface area contributed by atoms with Crippen LogP contribution in [-0.2, 0) is 9.59 Å². The molecule has 1 aliphatic rings. The molecule has 0 aromatic rings. The number of aliphatic carboxylic acids is 1. The SMILES string of the molecule is CCCCC(C)(O)C/C=C/[C@H]1[C@H](O)CC(=O)[C@@H]1CC#CC(Br)CCC(=O)O. The molecule has 0 bridgehead atoms. The predicted octanol–water partition coefficient (Wildman–Crippen LogP) is 3.46. The van der Waals surface area contributed by atoms with Gasteiger partial charge in [-0.05, 0) is 26.2 Å². The van der Waals surface area contributed by atoms with Crippen LogP contribution in [0.2, 0.25) is 0 Å². The molecule has 27 heavy (non-hydrogen) atoms. The van der Waals surface area contributed by atoms with Crippen molar-refractivity contribution in [2.75, 3.05) is 0 Å². The highest BCUT2D eigenvalue weighted by Crippen LogP contribution is 2.33. The highest BCUT2D eigenvalue weighted by atomic mass is 79.9. The standard InChI is InChI=1S/C21H31BrO5/c1-3-4-12-21(2,27)13-6-9-17-16(18(23)14-19(17)24)8-5-7-15(22)10-11-20(25)26/h6,9,15-17,19,24,27H,3-4,8,10-14H2,1-2H3,(H,25,26)/b9-6+/t15?,16-,17-,19-,21?/m1/s1. The largest absolute Gasteiger partial charge is 0.481 e. The van der Waals surface area contributed by atoms with E-state index in [2.05, 4.69) is 34.7 Å². The van der Waals surface area contributed by atoms with E-state index in [4.69, 9.17) is 5.11 Å². The van der Waals surface area contributed by atoms with E-state index in [9.17, 15) is 19.8 Å². The van der Waals surface area contributed by atoms with Crippen LogP contribution in [0.3, 0.4) is 0 Å². The fraction of sp³-hybridized carbons (Fsp3) is 0.714. The molecule has 152 valence electrons. The molecule has 5 nitrogen and oxygen atoms in total. The van der Waals surface area contributed by atoms with Crippen LogP contribution in [0.4, 0.5) is 0 Å². The van der Waals surface area contributed by atoms with E-state index in [1.807, 2.05) is 12.2 Å². The number of aliphatic hydroxyl groups excluding tert-OH is 1. The molecule has 0 aromatic heterocycles. The molecule has 6 heteroatoms. The lowest BCUT2D eigenvalue weighted by Crippen LogP contribution is -2.23. The van der Waals surface area contributed by atoms with E-state index in [1.54, 1.807) is 6.92 Å². The van der Waals surface area contributed by atoms with E-state index in [0.717, 1.165) is 19.3 Å². The van der Waals surface area contributed by atoms with Crippen LogP contribution in [0.1, 0.15) is 65.2 Å². The van der Waals surface area contributed by atoms with Gasteiger partial charge in [0.2, 0.25) is 0 Å². The van der Waals surface area contributed by atoms with Crippen LogP contribution in [0.25, 0.3) is 0 Å². The normalized spacial score (nSPS) is 25.8. The van der Waals surface area contributed by atoms with Gasteiger partial charge < -0.3 is 15.3 Å². The van der Waals surface area contributed by atoms with Gasteiger partial charge in [0.05, 0.1) is 16.5 Å². The zero-order chi connectivity index (χ0) is 20.4. The first-order valence-electron chi connectivity index (χ1n) is 9.60. The lowest BCUT2D eigenvalue weighted by molar-refractivity contribution is -0.137. The number of halogens is 1. The minimum absolute atomic E-state index is 0.000789. The zero-order valence-corrected chi connectivity index (χ0v) is 17.7. The molecule has 0 amide bonds. The second-order valence-corrected chi connectivity index (χ2v) is 8.68. The number of hydrogen-bond acceptors (Lipinski definition) is 4. The molecule has 0 radical (unpaired) electrons. The van der Waals surface area contributed by atoms with Crippen LogP contribution < -0.4 is 0 Å². The van der Waals surface area contributed by atoms with E-state index in [1.165, 1.54) is 0 Å². The maximum atomic E-state index is 12.2. The quantitative estimate of drug-likeness (QED) is 0.273. The van der Waals surface area contributed by atoms with Gasteiger partial charge in [-0.3, -0.25) is 9.59 Å². The molecule has 3 N–H and O–H groups in total. The smallest absolute Gasteiger partial charge is 0.303 e. The number of carbonyl (C=O) groups excluding carboxylic acids is 1. The van der Waals surface area contributed by atoms with Crippen LogP contribution in [0, 0.1) is 23.7 Å². The maximum absolute atomic E-state index is 12.2. The Morgan fingerprint density at radius 3 is 2.81 bits per heavy atom. The van der Waals surface area contributed by atoms with Crippen molar-refractivity contribution in [1.82, 2.24) is 0 Å². The molecule has 2 unspecified atom stereocenters. The molecule has 5 atom stereocenters. The first-order chi connectivity index (χ1) is 12.7. The Labute approximate surface area is 170 Å². The van der Waals surface area contributed by atoms with E-state index >= 15 is 0 Å². The zero-order valence-electron chi connectivity index (χ0n) is 16.2. The second-order valence-electron chi connectivity index (χ2n) is 7.58.